The van der Waals surface area contributed by atoms with E-state index in [0.29, 0.717) is 0 Å². The Morgan fingerprint density at radius 3 is 1.45 bits per heavy atom. The van der Waals surface area contributed by atoms with E-state index < -0.39 is 42.8 Å². The van der Waals surface area contributed by atoms with E-state index in [1.54, 1.807) is 0 Å². The Kier molecular flexibility index (Phi) is 2.91. The Morgan fingerprint density at radius 1 is 0.773 bits per heavy atom. The molecule has 22 heavy (non-hydrogen) atoms. The zero-order chi connectivity index (χ0) is 16.3. The third kappa shape index (κ3) is 1.65. The molecule has 0 amide bonds. The summed E-state index contributed by atoms with van der Waals surface area (Å²) in [5, 5.41) is 20.9. The average Bonchev–Trinajstić information content (AvgIpc) is 2.67. The lowest BCUT2D eigenvalue weighted by Gasteiger charge is -2.06. The first kappa shape index (κ1) is 14.4. The molecule has 2 aromatic carbocycles. The lowest BCUT2D eigenvalue weighted by Crippen LogP contribution is -2.06. The molecule has 0 aromatic heterocycles. The summed E-state index contributed by atoms with van der Waals surface area (Å²) < 4.78 is 0. The number of halogens is 2. The van der Waals surface area contributed by atoms with Gasteiger partial charge in [0.2, 0.25) is 11.6 Å². The second-order valence-electron chi connectivity index (χ2n) is 4.44. The van der Waals surface area contributed by atoms with Crippen molar-refractivity contribution in [1.29, 1.82) is 0 Å². The van der Waals surface area contributed by atoms with Crippen LogP contribution in [0.25, 0.3) is 10.8 Å². The van der Waals surface area contributed by atoms with Crippen LogP contribution in [0.3, 0.4) is 0 Å². The molecule has 2 aromatic rings. The zero-order valence-corrected chi connectivity index (χ0v) is 11.8. The minimum absolute atomic E-state index is 0.00111. The standard InChI is InChI=1S/C12H2Cl2N2O6/c13-9-5(15(19)20)1-3-7-4(12(18)11(3)17)2-6(16(21)22)10(14)8(7)9/h1-2H. The Morgan fingerprint density at radius 2 is 1.14 bits per heavy atom. The normalized spacial score (nSPS) is 13.0. The monoisotopic (exact) mass is 340 g/mol. The number of hydrogen-bond donors (Lipinski definition) is 0. The summed E-state index contributed by atoms with van der Waals surface area (Å²) in [5.74, 6) is -1.98. The summed E-state index contributed by atoms with van der Waals surface area (Å²) in [6, 6.07) is 1.76. The Bertz CT molecular complexity index is 880. The molecule has 3 rings (SSSR count). The van der Waals surface area contributed by atoms with E-state index >= 15 is 0 Å². The van der Waals surface area contributed by atoms with Crippen LogP contribution in [0, 0.1) is 20.2 Å². The van der Waals surface area contributed by atoms with Crippen LogP contribution in [0.5, 0.6) is 0 Å². The molecule has 0 spiro atoms. The summed E-state index contributed by atoms with van der Waals surface area (Å²) in [5.41, 5.74) is -1.77. The van der Waals surface area contributed by atoms with Crippen molar-refractivity contribution < 1.29 is 19.4 Å². The molecule has 0 atom stereocenters. The predicted octanol–water partition coefficient (Wildman–Crippen LogP) is 3.34. The maximum Gasteiger partial charge on any atom is 0.289 e. The lowest BCUT2D eigenvalue weighted by molar-refractivity contribution is -0.384. The first-order valence-corrected chi connectivity index (χ1v) is 6.37. The average molecular weight is 341 g/mol. The zero-order valence-electron chi connectivity index (χ0n) is 10.3. The molecule has 0 saturated carbocycles. The third-order valence-corrected chi connectivity index (χ3v) is 4.09. The number of ketones is 2. The number of nitro benzene ring substituents is 2. The first-order chi connectivity index (χ1) is 10.3. The van der Waals surface area contributed by atoms with E-state index in [2.05, 4.69) is 0 Å². The molecule has 0 heterocycles. The highest BCUT2D eigenvalue weighted by molar-refractivity contribution is 6.59. The van der Waals surface area contributed by atoms with Crippen LogP contribution in [0.2, 0.25) is 10.0 Å². The number of Topliss-reactive ketones (excluding diaryl/α,β-unsaturated/α-hetero) is 2. The fraction of sp³-hybridized carbons (Fsp3) is 0. The highest BCUT2D eigenvalue weighted by Crippen LogP contribution is 2.46. The van der Waals surface area contributed by atoms with Gasteiger partial charge in [-0.3, -0.25) is 29.8 Å². The molecular formula is C12H2Cl2N2O6. The van der Waals surface area contributed by atoms with Crippen LogP contribution >= 0.6 is 23.2 Å². The molecule has 0 saturated heterocycles. The summed E-state index contributed by atoms with van der Waals surface area (Å²) in [4.78, 5) is 44.2. The largest absolute Gasteiger partial charge is 0.289 e. The van der Waals surface area contributed by atoms with Gasteiger partial charge in [0, 0.05) is 34.0 Å². The van der Waals surface area contributed by atoms with Crippen LogP contribution in [0.1, 0.15) is 20.7 Å². The molecule has 0 N–H and O–H groups in total. The van der Waals surface area contributed by atoms with Gasteiger partial charge < -0.3 is 0 Å². The van der Waals surface area contributed by atoms with Crippen molar-refractivity contribution in [2.24, 2.45) is 0 Å². The van der Waals surface area contributed by atoms with E-state index in [9.17, 15) is 29.8 Å². The molecule has 0 aliphatic heterocycles. The lowest BCUT2D eigenvalue weighted by atomic mass is 10.0. The van der Waals surface area contributed by atoms with E-state index in [1.165, 1.54) is 0 Å². The molecule has 8 nitrogen and oxygen atoms in total. The van der Waals surface area contributed by atoms with Gasteiger partial charge in [-0.25, -0.2) is 0 Å². The Labute approximate surface area is 130 Å². The van der Waals surface area contributed by atoms with E-state index in [0.717, 1.165) is 12.1 Å². The molecule has 0 bridgehead atoms. The van der Waals surface area contributed by atoms with Gasteiger partial charge in [-0.15, -0.1) is 0 Å². The second-order valence-corrected chi connectivity index (χ2v) is 5.19. The van der Waals surface area contributed by atoms with Crippen molar-refractivity contribution in [3.63, 3.8) is 0 Å². The van der Waals surface area contributed by atoms with Gasteiger partial charge >= 0.3 is 0 Å². The van der Waals surface area contributed by atoms with Crippen molar-refractivity contribution in [3.8, 4) is 0 Å². The van der Waals surface area contributed by atoms with E-state index in [4.69, 9.17) is 23.2 Å². The highest BCUT2D eigenvalue weighted by Gasteiger charge is 2.38. The number of hydrogen-bond acceptors (Lipinski definition) is 6. The molecule has 0 radical (unpaired) electrons. The SMILES string of the molecule is O=C1C(=O)c2cc([N+](=O)[O-])c(Cl)c3c(Cl)c([N+](=O)[O-])cc1c23. The summed E-state index contributed by atoms with van der Waals surface area (Å²) >= 11 is 11.8. The molecule has 110 valence electrons. The molecular weight excluding hydrogens is 339 g/mol. The summed E-state index contributed by atoms with van der Waals surface area (Å²) in [6.07, 6.45) is 0. The predicted molar refractivity (Wildman–Crippen MR) is 75.9 cm³/mol. The Balaban J connectivity index is 2.63. The number of benzene rings is 2. The molecule has 10 heteroatoms. The van der Waals surface area contributed by atoms with Crippen molar-refractivity contribution in [3.05, 3.63) is 53.5 Å². The van der Waals surface area contributed by atoms with Crippen molar-refractivity contribution in [2.75, 3.05) is 0 Å². The molecule has 0 unspecified atom stereocenters. The molecule has 1 aliphatic carbocycles. The van der Waals surface area contributed by atoms with Crippen LogP contribution in [0.15, 0.2) is 12.1 Å². The summed E-state index contributed by atoms with van der Waals surface area (Å²) in [6.45, 7) is 0. The first-order valence-electron chi connectivity index (χ1n) is 5.62. The maximum absolute atomic E-state index is 11.9. The van der Waals surface area contributed by atoms with Crippen molar-refractivity contribution in [1.82, 2.24) is 0 Å². The van der Waals surface area contributed by atoms with Crippen molar-refractivity contribution >= 4 is 56.9 Å². The number of rotatable bonds is 2. The minimum Gasteiger partial charge on any atom is -0.285 e. The maximum atomic E-state index is 11.9. The Hall–Kier alpha value is -2.58. The van der Waals surface area contributed by atoms with Gasteiger partial charge in [-0.1, -0.05) is 23.2 Å². The quantitative estimate of drug-likeness (QED) is 0.469. The summed E-state index contributed by atoms with van der Waals surface area (Å²) in [7, 11) is 0. The van der Waals surface area contributed by atoms with Gasteiger partial charge in [-0.05, 0) is 0 Å². The van der Waals surface area contributed by atoms with Crippen LogP contribution in [-0.2, 0) is 0 Å². The molecule has 1 aliphatic rings. The number of nitrogens with zero attached hydrogens (tertiary/aromatic N) is 2. The van der Waals surface area contributed by atoms with Crippen molar-refractivity contribution in [2.45, 2.75) is 0 Å². The van der Waals surface area contributed by atoms with Gasteiger partial charge in [0.1, 0.15) is 10.0 Å². The van der Waals surface area contributed by atoms with E-state index in [-0.39, 0.29) is 21.9 Å². The fourth-order valence-electron chi connectivity index (χ4n) is 2.40. The van der Waals surface area contributed by atoms with Crippen LogP contribution in [0.4, 0.5) is 11.4 Å². The topological polar surface area (TPSA) is 120 Å². The number of carbonyl (C=O) groups excluding carboxylic acids is 2. The van der Waals surface area contributed by atoms with Gasteiger partial charge in [-0.2, -0.15) is 0 Å². The molecule has 0 fully saturated rings. The van der Waals surface area contributed by atoms with Gasteiger partial charge in [0.25, 0.3) is 11.4 Å². The van der Waals surface area contributed by atoms with Gasteiger partial charge in [0.15, 0.2) is 0 Å². The minimum atomic E-state index is -0.990. The fourth-order valence-corrected chi connectivity index (χ4v) is 3.07. The third-order valence-electron chi connectivity index (χ3n) is 3.33. The van der Waals surface area contributed by atoms with Crippen LogP contribution in [-0.4, -0.2) is 21.4 Å². The highest BCUT2D eigenvalue weighted by atomic mass is 35.5. The smallest absolute Gasteiger partial charge is 0.285 e. The van der Waals surface area contributed by atoms with E-state index in [1.807, 2.05) is 0 Å². The second kappa shape index (κ2) is 4.46. The van der Waals surface area contributed by atoms with Gasteiger partial charge in [0.05, 0.1) is 9.85 Å². The number of carbonyl (C=O) groups is 2. The van der Waals surface area contributed by atoms with Crippen LogP contribution < -0.4 is 0 Å². The number of nitro groups is 2.